The Morgan fingerprint density at radius 3 is 1.75 bits per heavy atom. The van der Waals surface area contributed by atoms with E-state index in [-0.39, 0.29) is 72.0 Å². The van der Waals surface area contributed by atoms with Gasteiger partial charge >= 0.3 is 5.97 Å². The largest absolute Gasteiger partial charge is 0.463 e. The molecule has 0 aliphatic heterocycles. The van der Waals surface area contributed by atoms with Gasteiger partial charge in [0.1, 0.15) is 6.61 Å². The van der Waals surface area contributed by atoms with E-state index in [2.05, 4.69) is 4.74 Å². The number of esters is 1. The molecule has 24 heavy (non-hydrogen) atoms. The Bertz CT molecular complexity index is 289. The minimum absolute atomic E-state index is 0.0604. The maximum absolute atomic E-state index is 10.5. The quantitative estimate of drug-likeness (QED) is 0.157. The lowest BCUT2D eigenvalue weighted by molar-refractivity contribution is -0.240. The van der Waals surface area contributed by atoms with Gasteiger partial charge in [-0.15, -0.1) is 0 Å². The average molecular weight is 356 g/mol. The summed E-state index contributed by atoms with van der Waals surface area (Å²) in [6, 6.07) is 0. The Kier molecular flexibility index (Phi) is 16.4. The lowest BCUT2D eigenvalue weighted by Gasteiger charge is -2.17. The van der Waals surface area contributed by atoms with Gasteiger partial charge in [-0.3, -0.25) is 4.79 Å². The third-order valence-corrected chi connectivity index (χ3v) is 2.35. The van der Waals surface area contributed by atoms with Crippen molar-refractivity contribution >= 4 is 5.97 Å². The summed E-state index contributed by atoms with van der Waals surface area (Å²) >= 11 is 0. The van der Waals surface area contributed by atoms with Crippen molar-refractivity contribution in [2.75, 3.05) is 66.1 Å². The molecule has 0 aliphatic carbocycles. The van der Waals surface area contributed by atoms with Crippen LogP contribution < -0.4 is 0 Å². The summed E-state index contributed by atoms with van der Waals surface area (Å²) in [7, 11) is 0. The van der Waals surface area contributed by atoms with Crippen LogP contribution in [0.1, 0.15) is 6.92 Å². The third kappa shape index (κ3) is 17.5. The second kappa shape index (κ2) is 17.0. The fourth-order valence-corrected chi connectivity index (χ4v) is 1.38. The first-order valence-corrected chi connectivity index (χ1v) is 7.63. The van der Waals surface area contributed by atoms with E-state index in [1.807, 2.05) is 0 Å². The van der Waals surface area contributed by atoms with Crippen molar-refractivity contribution in [3.63, 3.8) is 0 Å². The van der Waals surface area contributed by atoms with Crippen LogP contribution in [0.15, 0.2) is 0 Å². The second-order valence-electron chi connectivity index (χ2n) is 4.48. The molecule has 2 unspecified atom stereocenters. The van der Waals surface area contributed by atoms with Crippen molar-refractivity contribution in [1.82, 2.24) is 0 Å². The standard InChI is InChI=1S/C14H28O10/c1-12(16)23-9-8-20-5-7-22-11-14(18)24-13(17)10-21-6-4-19-3-2-15/h13-15,17-18H,2-11H2,1H3. The molecule has 0 aromatic heterocycles. The lowest BCUT2D eigenvalue weighted by Crippen LogP contribution is -2.30. The van der Waals surface area contributed by atoms with Gasteiger partial charge in [0.15, 0.2) is 12.6 Å². The van der Waals surface area contributed by atoms with Crippen molar-refractivity contribution in [3.05, 3.63) is 0 Å². The highest BCUT2D eigenvalue weighted by Crippen LogP contribution is 1.96. The fraction of sp³-hybridized carbons (Fsp3) is 0.929. The molecular weight excluding hydrogens is 328 g/mol. The Labute approximate surface area is 141 Å². The Morgan fingerprint density at radius 1 is 0.792 bits per heavy atom. The molecule has 0 radical (unpaired) electrons. The molecule has 0 rings (SSSR count). The van der Waals surface area contributed by atoms with E-state index in [0.29, 0.717) is 0 Å². The first-order valence-electron chi connectivity index (χ1n) is 7.63. The molecule has 144 valence electrons. The number of hydrogen-bond donors (Lipinski definition) is 3. The molecule has 10 nitrogen and oxygen atoms in total. The van der Waals surface area contributed by atoms with Crippen molar-refractivity contribution in [3.8, 4) is 0 Å². The van der Waals surface area contributed by atoms with Crippen LogP contribution in [0.2, 0.25) is 0 Å². The van der Waals surface area contributed by atoms with Gasteiger partial charge in [0, 0.05) is 6.92 Å². The second-order valence-corrected chi connectivity index (χ2v) is 4.48. The highest BCUT2D eigenvalue weighted by Gasteiger charge is 2.12. The van der Waals surface area contributed by atoms with Gasteiger partial charge in [-0.25, -0.2) is 0 Å². The zero-order valence-corrected chi connectivity index (χ0v) is 13.9. The zero-order chi connectivity index (χ0) is 18.0. The molecule has 0 saturated heterocycles. The number of carbonyl (C=O) groups is 1. The van der Waals surface area contributed by atoms with Gasteiger partial charge in [0.2, 0.25) is 0 Å². The van der Waals surface area contributed by atoms with Gasteiger partial charge in [-0.2, -0.15) is 0 Å². The van der Waals surface area contributed by atoms with E-state index in [1.165, 1.54) is 6.92 Å². The predicted octanol–water partition coefficient (Wildman–Crippen LogP) is -1.74. The van der Waals surface area contributed by atoms with Crippen LogP contribution in [-0.2, 0) is 33.2 Å². The predicted molar refractivity (Wildman–Crippen MR) is 80.1 cm³/mol. The van der Waals surface area contributed by atoms with Crippen molar-refractivity contribution in [2.45, 2.75) is 19.5 Å². The first-order chi connectivity index (χ1) is 11.6. The third-order valence-electron chi connectivity index (χ3n) is 2.35. The van der Waals surface area contributed by atoms with E-state index in [1.54, 1.807) is 0 Å². The van der Waals surface area contributed by atoms with Crippen LogP contribution in [-0.4, -0.2) is 99.9 Å². The molecule has 0 heterocycles. The van der Waals surface area contributed by atoms with E-state index in [9.17, 15) is 15.0 Å². The van der Waals surface area contributed by atoms with Crippen LogP contribution in [0, 0.1) is 0 Å². The maximum Gasteiger partial charge on any atom is 0.302 e. The van der Waals surface area contributed by atoms with Crippen LogP contribution in [0.4, 0.5) is 0 Å². The molecule has 0 aliphatic rings. The Morgan fingerprint density at radius 2 is 1.25 bits per heavy atom. The van der Waals surface area contributed by atoms with Crippen LogP contribution >= 0.6 is 0 Å². The molecule has 0 spiro atoms. The smallest absolute Gasteiger partial charge is 0.302 e. The van der Waals surface area contributed by atoms with Gasteiger partial charge in [0.05, 0.1) is 59.5 Å². The summed E-state index contributed by atoms with van der Waals surface area (Å²) in [5, 5.41) is 27.4. The first kappa shape index (κ1) is 23.1. The van der Waals surface area contributed by atoms with Crippen molar-refractivity contribution < 1.29 is 48.5 Å². The minimum Gasteiger partial charge on any atom is -0.463 e. The van der Waals surface area contributed by atoms with Crippen LogP contribution in [0.25, 0.3) is 0 Å². The summed E-state index contributed by atoms with van der Waals surface area (Å²) in [6.45, 7) is 2.67. The summed E-state index contributed by atoms with van der Waals surface area (Å²) < 4.78 is 29.7. The van der Waals surface area contributed by atoms with Crippen LogP contribution in [0.5, 0.6) is 0 Å². The Hall–Kier alpha value is -0.850. The number of hydrogen-bond acceptors (Lipinski definition) is 10. The minimum atomic E-state index is -1.30. The topological polar surface area (TPSA) is 133 Å². The maximum atomic E-state index is 10.5. The normalized spacial score (nSPS) is 13.7. The van der Waals surface area contributed by atoms with Gasteiger partial charge in [-0.1, -0.05) is 0 Å². The van der Waals surface area contributed by atoms with Crippen molar-refractivity contribution in [2.24, 2.45) is 0 Å². The lowest BCUT2D eigenvalue weighted by atomic mass is 10.6. The molecule has 10 heteroatoms. The molecule has 0 aromatic carbocycles. The molecule has 0 amide bonds. The number of aliphatic hydroxyl groups is 3. The zero-order valence-electron chi connectivity index (χ0n) is 13.9. The van der Waals surface area contributed by atoms with E-state index >= 15 is 0 Å². The SMILES string of the molecule is CC(=O)OCCOCCOCC(O)OC(O)COCCOCCO. The molecule has 0 fully saturated rings. The molecule has 0 bridgehead atoms. The highest BCUT2D eigenvalue weighted by atomic mass is 16.7. The fourth-order valence-electron chi connectivity index (χ4n) is 1.38. The Balaban J connectivity index is 3.35. The monoisotopic (exact) mass is 356 g/mol. The van der Waals surface area contributed by atoms with E-state index < -0.39 is 12.6 Å². The van der Waals surface area contributed by atoms with Gasteiger partial charge < -0.3 is 43.7 Å². The van der Waals surface area contributed by atoms with Crippen LogP contribution in [0.3, 0.4) is 0 Å². The number of ether oxygens (including phenoxy) is 6. The summed E-state index contributed by atoms with van der Waals surface area (Å²) in [5.74, 6) is -0.365. The van der Waals surface area contributed by atoms with E-state index in [0.717, 1.165) is 0 Å². The molecule has 0 saturated carbocycles. The molecule has 2 atom stereocenters. The average Bonchev–Trinajstić information content (AvgIpc) is 2.53. The number of carbonyl (C=O) groups excluding carboxylic acids is 1. The molecule has 0 aromatic rings. The van der Waals surface area contributed by atoms with Gasteiger partial charge in [-0.05, 0) is 0 Å². The number of rotatable bonds is 17. The van der Waals surface area contributed by atoms with Gasteiger partial charge in [0.25, 0.3) is 0 Å². The van der Waals surface area contributed by atoms with Crippen molar-refractivity contribution in [1.29, 1.82) is 0 Å². The van der Waals surface area contributed by atoms with E-state index in [4.69, 9.17) is 28.8 Å². The molecular formula is C14H28O10. The molecule has 3 N–H and O–H groups in total. The highest BCUT2D eigenvalue weighted by molar-refractivity contribution is 5.65. The summed E-state index contributed by atoms with van der Waals surface area (Å²) in [4.78, 5) is 10.5. The summed E-state index contributed by atoms with van der Waals surface area (Å²) in [6.07, 6.45) is -2.59. The summed E-state index contributed by atoms with van der Waals surface area (Å²) in [5.41, 5.74) is 0. The number of aliphatic hydroxyl groups excluding tert-OH is 3.